The Balaban J connectivity index is 2.17. The molecule has 1 unspecified atom stereocenters. The third-order valence-corrected chi connectivity index (χ3v) is 3.77. The maximum atomic E-state index is 12.4. The Hall–Kier alpha value is -1.85. The van der Waals surface area contributed by atoms with Crippen LogP contribution in [0.15, 0.2) is 36.4 Å². The van der Waals surface area contributed by atoms with Crippen LogP contribution in [0.25, 0.3) is 0 Å². The number of rotatable bonds is 5. The Morgan fingerprint density at radius 1 is 1.45 bits per heavy atom. The van der Waals surface area contributed by atoms with Crippen molar-refractivity contribution in [3.05, 3.63) is 42.0 Å². The molecule has 1 saturated heterocycles. The topological polar surface area (TPSA) is 59.0 Å². The molecule has 22 heavy (non-hydrogen) atoms. The second-order valence-corrected chi connectivity index (χ2v) is 5.29. The van der Waals surface area contributed by atoms with E-state index in [9.17, 15) is 9.90 Å². The van der Waals surface area contributed by atoms with Crippen molar-refractivity contribution in [2.24, 2.45) is 0 Å². The lowest BCUT2D eigenvalue weighted by molar-refractivity contribution is -0.175. The summed E-state index contributed by atoms with van der Waals surface area (Å²) in [6.07, 6.45) is 3.87. The second-order valence-electron chi connectivity index (χ2n) is 5.29. The number of allylic oxidation sites excluding steroid dienone is 1. The van der Waals surface area contributed by atoms with Crippen molar-refractivity contribution in [1.29, 1.82) is 0 Å². The molecule has 1 aromatic rings. The molecule has 1 aromatic carbocycles. The minimum absolute atomic E-state index is 0.118. The van der Waals surface area contributed by atoms with Gasteiger partial charge < -0.3 is 19.5 Å². The zero-order chi connectivity index (χ0) is 15.9. The third kappa shape index (κ3) is 4.08. The van der Waals surface area contributed by atoms with Crippen LogP contribution < -0.4 is 4.74 Å². The third-order valence-electron chi connectivity index (χ3n) is 3.77. The van der Waals surface area contributed by atoms with Gasteiger partial charge in [-0.2, -0.15) is 0 Å². The molecule has 0 bridgehead atoms. The molecule has 120 valence electrons. The number of carbonyl (C=O) groups is 1. The minimum atomic E-state index is -0.929. The summed E-state index contributed by atoms with van der Waals surface area (Å²) in [5.41, 5.74) is 0.983. The Labute approximate surface area is 131 Å². The quantitative estimate of drug-likeness (QED) is 0.846. The van der Waals surface area contributed by atoms with E-state index in [1.807, 2.05) is 24.3 Å². The van der Waals surface area contributed by atoms with E-state index >= 15 is 0 Å². The molecule has 1 aliphatic heterocycles. The van der Waals surface area contributed by atoms with Crippen LogP contribution in [0, 0.1) is 0 Å². The first kappa shape index (κ1) is 16.5. The van der Waals surface area contributed by atoms with E-state index in [4.69, 9.17) is 9.47 Å². The van der Waals surface area contributed by atoms with Gasteiger partial charge in [0.05, 0.1) is 13.2 Å². The average molecular weight is 305 g/mol. The number of hydrogen-bond acceptors (Lipinski definition) is 4. The van der Waals surface area contributed by atoms with Gasteiger partial charge in [0.1, 0.15) is 5.75 Å². The predicted octanol–water partition coefficient (Wildman–Crippen LogP) is 2.10. The maximum absolute atomic E-state index is 12.4. The maximum Gasteiger partial charge on any atom is 0.246 e. The molecule has 2 rings (SSSR count). The molecule has 1 amide bonds. The number of carbonyl (C=O) groups excluding carboxylic acids is 1. The van der Waals surface area contributed by atoms with Crippen molar-refractivity contribution in [2.45, 2.75) is 38.6 Å². The van der Waals surface area contributed by atoms with Crippen LogP contribution in [0.4, 0.5) is 0 Å². The van der Waals surface area contributed by atoms with E-state index in [1.54, 1.807) is 25.0 Å². The molecule has 0 spiro atoms. The number of benzene rings is 1. The summed E-state index contributed by atoms with van der Waals surface area (Å²) in [7, 11) is 1.62. The van der Waals surface area contributed by atoms with Gasteiger partial charge >= 0.3 is 0 Å². The van der Waals surface area contributed by atoms with Gasteiger partial charge in [-0.3, -0.25) is 4.79 Å². The van der Waals surface area contributed by atoms with Gasteiger partial charge in [-0.15, -0.1) is 0 Å². The number of hydrogen-bond donors (Lipinski definition) is 1. The fraction of sp³-hybridized carbons (Fsp3) is 0.471. The highest BCUT2D eigenvalue weighted by atomic mass is 16.6. The summed E-state index contributed by atoms with van der Waals surface area (Å²) in [6.45, 7) is 2.77. The molecule has 0 radical (unpaired) electrons. The molecule has 5 heteroatoms. The van der Waals surface area contributed by atoms with E-state index in [-0.39, 0.29) is 11.9 Å². The van der Waals surface area contributed by atoms with Crippen LogP contribution in [0.3, 0.4) is 0 Å². The first-order valence-corrected chi connectivity index (χ1v) is 7.51. The van der Waals surface area contributed by atoms with Crippen LogP contribution in [-0.2, 0) is 16.1 Å². The van der Waals surface area contributed by atoms with Gasteiger partial charge in [-0.25, -0.2) is 0 Å². The standard InChI is InChI=1S/C17H23NO4/c1-3-5-16(19)18(15-6-4-11-22-17(15)20)12-13-7-9-14(21-2)10-8-13/h3,5,7-10,15,17,20H,4,6,11-12H2,1-2H3/b5-3+/t15-,17?/m0/s1. The van der Waals surface area contributed by atoms with Crippen molar-refractivity contribution in [3.63, 3.8) is 0 Å². The molecule has 1 N–H and O–H groups in total. The summed E-state index contributed by atoms with van der Waals surface area (Å²) in [5, 5.41) is 10.1. The van der Waals surface area contributed by atoms with Crippen LogP contribution in [0.5, 0.6) is 5.75 Å². The lowest BCUT2D eigenvalue weighted by Gasteiger charge is -2.37. The number of aliphatic hydroxyl groups is 1. The fourth-order valence-corrected chi connectivity index (χ4v) is 2.58. The van der Waals surface area contributed by atoms with Gasteiger partial charge in [0, 0.05) is 13.2 Å². The molecular weight excluding hydrogens is 282 g/mol. The first-order chi connectivity index (χ1) is 10.7. The highest BCUT2D eigenvalue weighted by Gasteiger charge is 2.31. The molecule has 2 atom stereocenters. The second kappa shape index (κ2) is 7.96. The lowest BCUT2D eigenvalue weighted by Crippen LogP contribution is -2.49. The summed E-state index contributed by atoms with van der Waals surface area (Å²) >= 11 is 0. The Kier molecular flexibility index (Phi) is 5.98. The van der Waals surface area contributed by atoms with Crippen molar-refractivity contribution < 1.29 is 19.4 Å². The van der Waals surface area contributed by atoms with Crippen LogP contribution in [-0.4, -0.2) is 42.0 Å². The van der Waals surface area contributed by atoms with Gasteiger partial charge in [0.15, 0.2) is 6.29 Å². The van der Waals surface area contributed by atoms with E-state index in [1.165, 1.54) is 6.08 Å². The van der Waals surface area contributed by atoms with Gasteiger partial charge in [0.2, 0.25) is 5.91 Å². The van der Waals surface area contributed by atoms with Crippen LogP contribution >= 0.6 is 0 Å². The molecule has 1 fully saturated rings. The lowest BCUT2D eigenvalue weighted by atomic mass is 10.1. The number of amides is 1. The predicted molar refractivity (Wildman–Crippen MR) is 83.3 cm³/mol. The normalized spacial score (nSPS) is 21.8. The van der Waals surface area contributed by atoms with Gasteiger partial charge in [-0.05, 0) is 43.5 Å². The highest BCUT2D eigenvalue weighted by molar-refractivity contribution is 5.87. The summed E-state index contributed by atoms with van der Waals surface area (Å²) in [5.74, 6) is 0.656. The van der Waals surface area contributed by atoms with E-state index < -0.39 is 6.29 Å². The average Bonchev–Trinajstić information content (AvgIpc) is 2.54. The molecule has 1 aliphatic rings. The van der Waals surface area contributed by atoms with Gasteiger partial charge in [0.25, 0.3) is 0 Å². The smallest absolute Gasteiger partial charge is 0.246 e. The van der Waals surface area contributed by atoms with Crippen molar-refractivity contribution in [1.82, 2.24) is 4.90 Å². The fourth-order valence-electron chi connectivity index (χ4n) is 2.58. The van der Waals surface area contributed by atoms with Crippen molar-refractivity contribution in [3.8, 4) is 5.75 Å². The minimum Gasteiger partial charge on any atom is -0.497 e. The zero-order valence-electron chi connectivity index (χ0n) is 13.1. The number of aliphatic hydroxyl groups excluding tert-OH is 1. The number of ether oxygens (including phenoxy) is 2. The van der Waals surface area contributed by atoms with Crippen molar-refractivity contribution >= 4 is 5.91 Å². The Morgan fingerprint density at radius 2 is 2.18 bits per heavy atom. The number of nitrogens with zero attached hydrogens (tertiary/aromatic N) is 1. The van der Waals surface area contributed by atoms with Crippen molar-refractivity contribution in [2.75, 3.05) is 13.7 Å². The van der Waals surface area contributed by atoms with E-state index in [0.29, 0.717) is 13.2 Å². The Morgan fingerprint density at radius 3 is 2.77 bits per heavy atom. The molecule has 1 heterocycles. The monoisotopic (exact) mass is 305 g/mol. The number of methoxy groups -OCH3 is 1. The first-order valence-electron chi connectivity index (χ1n) is 7.51. The molecule has 0 aromatic heterocycles. The zero-order valence-corrected chi connectivity index (χ0v) is 13.1. The molecule has 5 nitrogen and oxygen atoms in total. The van der Waals surface area contributed by atoms with Gasteiger partial charge in [-0.1, -0.05) is 18.2 Å². The van der Waals surface area contributed by atoms with E-state index in [0.717, 1.165) is 24.2 Å². The van der Waals surface area contributed by atoms with Crippen LogP contribution in [0.1, 0.15) is 25.3 Å². The summed E-state index contributed by atoms with van der Waals surface area (Å²) < 4.78 is 10.4. The highest BCUT2D eigenvalue weighted by Crippen LogP contribution is 2.22. The summed E-state index contributed by atoms with van der Waals surface area (Å²) in [6, 6.07) is 7.25. The molecular formula is C17H23NO4. The van der Waals surface area contributed by atoms with E-state index in [2.05, 4.69) is 0 Å². The van der Waals surface area contributed by atoms with Crippen LogP contribution in [0.2, 0.25) is 0 Å². The largest absolute Gasteiger partial charge is 0.497 e. The molecule has 0 saturated carbocycles. The Bertz CT molecular complexity index is 512. The molecule has 0 aliphatic carbocycles. The SMILES string of the molecule is C/C=C/C(=O)N(Cc1ccc(OC)cc1)[C@H]1CCCOC1O. The summed E-state index contributed by atoms with van der Waals surface area (Å²) in [4.78, 5) is 14.0.